The van der Waals surface area contributed by atoms with E-state index >= 15 is 0 Å². The predicted molar refractivity (Wildman–Crippen MR) is 84.0 cm³/mol. The summed E-state index contributed by atoms with van der Waals surface area (Å²) in [5, 5.41) is 11.2. The molecule has 126 valence electrons. The largest absolute Gasteiger partial charge is 0.381 e. The highest BCUT2D eigenvalue weighted by molar-refractivity contribution is 5.79. The van der Waals surface area contributed by atoms with E-state index in [9.17, 15) is 9.59 Å². The highest BCUT2D eigenvalue weighted by Gasteiger charge is 2.26. The second kappa shape index (κ2) is 7.21. The number of ether oxygens (including phenoxy) is 1. The summed E-state index contributed by atoms with van der Waals surface area (Å²) < 4.78 is 5.32. The van der Waals surface area contributed by atoms with Gasteiger partial charge in [-0.3, -0.25) is 9.59 Å². The van der Waals surface area contributed by atoms with Crippen LogP contribution in [0.2, 0.25) is 0 Å². The van der Waals surface area contributed by atoms with Crippen molar-refractivity contribution in [3.63, 3.8) is 0 Å². The predicted octanol–water partition coefficient (Wildman–Crippen LogP) is 1.43. The molecule has 2 N–H and O–H groups in total. The first-order valence-corrected chi connectivity index (χ1v) is 8.50. The normalized spacial score (nSPS) is 21.3. The first kappa shape index (κ1) is 16.1. The summed E-state index contributed by atoms with van der Waals surface area (Å²) in [6, 6.07) is -0.428. The molecule has 7 heteroatoms. The molecule has 1 aliphatic carbocycles. The number of rotatable bonds is 4. The summed E-state index contributed by atoms with van der Waals surface area (Å²) in [5.41, 5.74) is 0.00729. The van der Waals surface area contributed by atoms with Crippen LogP contribution in [-0.2, 0) is 9.53 Å². The van der Waals surface area contributed by atoms with Crippen LogP contribution in [0.1, 0.15) is 68.9 Å². The summed E-state index contributed by atoms with van der Waals surface area (Å²) in [6.45, 7) is 3.15. The number of amides is 1. The van der Waals surface area contributed by atoms with Crippen molar-refractivity contribution in [1.29, 1.82) is 0 Å². The molecule has 1 aliphatic heterocycles. The van der Waals surface area contributed by atoms with E-state index in [1.54, 1.807) is 6.92 Å². The molecule has 2 aliphatic rings. The van der Waals surface area contributed by atoms with Gasteiger partial charge in [-0.15, -0.1) is 10.2 Å². The molecule has 23 heavy (non-hydrogen) atoms. The molecule has 0 spiro atoms. The summed E-state index contributed by atoms with van der Waals surface area (Å²) >= 11 is 0. The van der Waals surface area contributed by atoms with Gasteiger partial charge in [0.2, 0.25) is 5.91 Å². The van der Waals surface area contributed by atoms with Crippen LogP contribution in [0.15, 0.2) is 4.79 Å². The number of carbonyl (C=O) groups excluding carboxylic acids is 1. The third kappa shape index (κ3) is 3.77. The van der Waals surface area contributed by atoms with Crippen molar-refractivity contribution < 1.29 is 9.53 Å². The Hall–Kier alpha value is -1.76. The van der Waals surface area contributed by atoms with Crippen molar-refractivity contribution in [2.24, 2.45) is 5.92 Å². The van der Waals surface area contributed by atoms with E-state index in [1.807, 2.05) is 0 Å². The molecule has 1 unspecified atom stereocenters. The SMILES string of the molecule is CC(NC(=O)C1CCCC1)c1nnc(C2CCOCC2)[nH]c1=O. The Labute approximate surface area is 135 Å². The maximum Gasteiger partial charge on any atom is 0.275 e. The Morgan fingerprint density at radius 3 is 2.57 bits per heavy atom. The van der Waals surface area contributed by atoms with Crippen molar-refractivity contribution in [3.05, 3.63) is 21.9 Å². The zero-order valence-corrected chi connectivity index (χ0v) is 13.5. The standard InChI is InChI=1S/C16H24N4O3/c1-10(17-15(21)12-4-2-3-5-12)13-16(22)18-14(20-19-13)11-6-8-23-9-7-11/h10-12H,2-9H2,1H3,(H,17,21)(H,18,20,22). The molecule has 1 amide bonds. The second-order valence-electron chi connectivity index (χ2n) is 6.52. The molecule has 7 nitrogen and oxygen atoms in total. The fraction of sp³-hybridized carbons (Fsp3) is 0.750. The Balaban J connectivity index is 1.67. The maximum absolute atomic E-state index is 12.3. The van der Waals surface area contributed by atoms with Crippen LogP contribution >= 0.6 is 0 Å². The van der Waals surface area contributed by atoms with Crippen LogP contribution in [0.25, 0.3) is 0 Å². The van der Waals surface area contributed by atoms with Gasteiger partial charge in [0.05, 0.1) is 6.04 Å². The summed E-state index contributed by atoms with van der Waals surface area (Å²) in [7, 11) is 0. The molecule has 1 atom stereocenters. The molecule has 2 heterocycles. The Bertz CT molecular complexity index is 604. The minimum absolute atomic E-state index is 0.0182. The highest BCUT2D eigenvalue weighted by atomic mass is 16.5. The molecular formula is C16H24N4O3. The third-order valence-electron chi connectivity index (χ3n) is 4.84. The molecule has 0 aromatic carbocycles. The zero-order chi connectivity index (χ0) is 16.2. The number of hydrogen-bond donors (Lipinski definition) is 2. The van der Waals surface area contributed by atoms with E-state index in [4.69, 9.17) is 4.74 Å². The molecule has 2 fully saturated rings. The molecular weight excluding hydrogens is 296 g/mol. The first-order chi connectivity index (χ1) is 11.1. The minimum atomic E-state index is -0.428. The lowest BCUT2D eigenvalue weighted by Crippen LogP contribution is -2.35. The van der Waals surface area contributed by atoms with E-state index in [-0.39, 0.29) is 29.0 Å². The smallest absolute Gasteiger partial charge is 0.275 e. The van der Waals surface area contributed by atoms with Crippen LogP contribution in [0, 0.1) is 5.92 Å². The van der Waals surface area contributed by atoms with Crippen molar-refractivity contribution in [2.75, 3.05) is 13.2 Å². The van der Waals surface area contributed by atoms with Crippen molar-refractivity contribution in [1.82, 2.24) is 20.5 Å². The van der Waals surface area contributed by atoms with Gasteiger partial charge in [0, 0.05) is 25.0 Å². The van der Waals surface area contributed by atoms with Gasteiger partial charge in [-0.1, -0.05) is 12.8 Å². The summed E-state index contributed by atoms with van der Waals surface area (Å²) in [5.74, 6) is 0.911. The number of carbonyl (C=O) groups is 1. The molecule has 1 saturated carbocycles. The van der Waals surface area contributed by atoms with Crippen molar-refractivity contribution in [2.45, 2.75) is 57.4 Å². The van der Waals surface area contributed by atoms with Crippen LogP contribution < -0.4 is 10.9 Å². The number of H-pyrrole nitrogens is 1. The lowest BCUT2D eigenvalue weighted by molar-refractivity contribution is -0.125. The Morgan fingerprint density at radius 1 is 1.22 bits per heavy atom. The second-order valence-corrected chi connectivity index (χ2v) is 6.52. The Morgan fingerprint density at radius 2 is 1.91 bits per heavy atom. The maximum atomic E-state index is 12.3. The molecule has 0 radical (unpaired) electrons. The molecule has 0 bridgehead atoms. The lowest BCUT2D eigenvalue weighted by Gasteiger charge is -2.21. The van der Waals surface area contributed by atoms with E-state index < -0.39 is 6.04 Å². The Kier molecular flexibility index (Phi) is 5.05. The van der Waals surface area contributed by atoms with Crippen LogP contribution in [0.3, 0.4) is 0 Å². The van der Waals surface area contributed by atoms with E-state index in [0.717, 1.165) is 38.5 Å². The van der Waals surface area contributed by atoms with Crippen molar-refractivity contribution >= 4 is 5.91 Å². The summed E-state index contributed by atoms with van der Waals surface area (Å²) in [6.07, 6.45) is 5.77. The van der Waals surface area contributed by atoms with Crippen molar-refractivity contribution in [3.8, 4) is 0 Å². The van der Waals surface area contributed by atoms with E-state index in [0.29, 0.717) is 19.0 Å². The quantitative estimate of drug-likeness (QED) is 0.874. The topological polar surface area (TPSA) is 97.0 Å². The van der Waals surface area contributed by atoms with Gasteiger partial charge < -0.3 is 15.0 Å². The number of aromatic nitrogens is 3. The fourth-order valence-electron chi connectivity index (χ4n) is 3.38. The minimum Gasteiger partial charge on any atom is -0.381 e. The molecule has 3 rings (SSSR count). The van der Waals surface area contributed by atoms with Gasteiger partial charge in [0.15, 0.2) is 0 Å². The van der Waals surface area contributed by atoms with Gasteiger partial charge in [0.1, 0.15) is 11.5 Å². The van der Waals surface area contributed by atoms with E-state index in [1.165, 1.54) is 0 Å². The first-order valence-electron chi connectivity index (χ1n) is 8.50. The number of nitrogens with zero attached hydrogens (tertiary/aromatic N) is 2. The van der Waals surface area contributed by atoms with Crippen LogP contribution in [0.4, 0.5) is 0 Å². The third-order valence-corrected chi connectivity index (χ3v) is 4.84. The monoisotopic (exact) mass is 320 g/mol. The molecule has 1 saturated heterocycles. The van der Waals surface area contributed by atoms with Gasteiger partial charge in [-0.25, -0.2) is 0 Å². The fourth-order valence-corrected chi connectivity index (χ4v) is 3.38. The average molecular weight is 320 g/mol. The molecule has 1 aromatic rings. The van der Waals surface area contributed by atoms with Gasteiger partial charge in [-0.05, 0) is 32.6 Å². The van der Waals surface area contributed by atoms with Crippen LogP contribution in [0.5, 0.6) is 0 Å². The zero-order valence-electron chi connectivity index (χ0n) is 13.5. The number of aromatic amines is 1. The van der Waals surface area contributed by atoms with Gasteiger partial charge in [-0.2, -0.15) is 0 Å². The van der Waals surface area contributed by atoms with Crippen LogP contribution in [-0.4, -0.2) is 34.3 Å². The van der Waals surface area contributed by atoms with E-state index in [2.05, 4.69) is 20.5 Å². The average Bonchev–Trinajstić information content (AvgIpc) is 3.10. The highest BCUT2D eigenvalue weighted by Crippen LogP contribution is 2.25. The summed E-state index contributed by atoms with van der Waals surface area (Å²) in [4.78, 5) is 27.3. The van der Waals surface area contributed by atoms with Gasteiger partial charge in [0.25, 0.3) is 5.56 Å². The number of hydrogen-bond acceptors (Lipinski definition) is 5. The van der Waals surface area contributed by atoms with Gasteiger partial charge >= 0.3 is 0 Å². The molecule has 1 aromatic heterocycles. The lowest BCUT2D eigenvalue weighted by atomic mass is 10.00. The number of nitrogens with one attached hydrogen (secondary N) is 2.